The molecule has 46 nitrogen and oxygen atoms in total. The smallest absolute Gasteiger partial charge is 0.332 e. The van der Waals surface area contributed by atoms with E-state index in [1.165, 1.54) is 41.5 Å². The van der Waals surface area contributed by atoms with Crippen LogP contribution in [0.15, 0.2) is 0 Å². The summed E-state index contributed by atoms with van der Waals surface area (Å²) in [6.45, 7) is 18.4. The maximum atomic E-state index is 12.4. The molecule has 3 fully saturated rings. The number of hydrogen-bond acceptors (Lipinski definition) is 43. The van der Waals surface area contributed by atoms with Crippen molar-refractivity contribution in [2.45, 2.75) is 310 Å². The van der Waals surface area contributed by atoms with Gasteiger partial charge in [0.25, 0.3) is 0 Å². The highest BCUT2D eigenvalue weighted by atomic mass is 31.2. The predicted octanol–water partition coefficient (Wildman–Crippen LogP) is 8.28. The van der Waals surface area contributed by atoms with Gasteiger partial charge in [0.1, 0.15) is 56.3 Å². The number of nitrogens with zero attached hydrogens (tertiary/aromatic N) is 3. The fraction of sp³-hybridized carbons (Fsp3) is 0.828. The molecule has 3 saturated heterocycles. The van der Waals surface area contributed by atoms with Gasteiger partial charge >= 0.3 is 79.5 Å². The van der Waals surface area contributed by atoms with Gasteiger partial charge in [0.15, 0.2) is 55.5 Å². The summed E-state index contributed by atoms with van der Waals surface area (Å²) in [5, 5.41) is 36.1. The molecule has 0 saturated carbocycles. The third-order valence-corrected chi connectivity index (χ3v) is 22.7. The first kappa shape index (κ1) is 123. The number of ether oxygens (including phenoxy) is 19. The largest absolute Gasteiger partial charge is 0.463 e. The Balaban J connectivity index is 1.71. The highest BCUT2D eigenvalue weighted by Crippen LogP contribution is 2.43. The lowest BCUT2D eigenvalue weighted by Gasteiger charge is -2.44. The first-order valence-corrected chi connectivity index (χ1v) is 49.1. The fourth-order valence-electron chi connectivity index (χ4n) is 13.4. The predicted molar refractivity (Wildman–Crippen MR) is 475 cm³/mol. The Morgan fingerprint density at radius 3 is 0.721 bits per heavy atom. The lowest BCUT2D eigenvalue weighted by Crippen LogP contribution is -2.66. The first-order valence-electron chi connectivity index (χ1n) is 45.8. The van der Waals surface area contributed by atoms with E-state index in [4.69, 9.17) is 131 Å². The minimum atomic E-state index is -1.89. The molecule has 3 heterocycles. The molecule has 3 aliphatic heterocycles. The monoisotopic (exact) mass is 2000 g/mol. The molecule has 0 aromatic rings. The Morgan fingerprint density at radius 2 is 0.500 bits per heavy atom. The van der Waals surface area contributed by atoms with Crippen LogP contribution in [-0.2, 0) is 188 Å². The van der Waals surface area contributed by atoms with Crippen molar-refractivity contribution in [2.24, 2.45) is 5.41 Å². The second-order valence-electron chi connectivity index (χ2n) is 31.5. The van der Waals surface area contributed by atoms with Gasteiger partial charge in [0.2, 0.25) is 17.7 Å². The average Bonchev–Trinajstić information content (AvgIpc) is 0.794. The van der Waals surface area contributed by atoms with Crippen molar-refractivity contribution in [2.75, 3.05) is 152 Å². The number of unbranched alkanes of at least 4 members (excludes halogenated alkanes) is 10. The van der Waals surface area contributed by atoms with Crippen LogP contribution < -0.4 is 16.0 Å². The maximum absolute atomic E-state index is 12.4. The molecule has 9 unspecified atom stereocenters. The van der Waals surface area contributed by atoms with E-state index in [-0.39, 0.29) is 165 Å². The Kier molecular flexibility index (Phi) is 67.4. The van der Waals surface area contributed by atoms with Crippen LogP contribution >= 0.6 is 25.8 Å². The summed E-state index contributed by atoms with van der Waals surface area (Å²) in [4.78, 5) is 146. The summed E-state index contributed by atoms with van der Waals surface area (Å²) in [5.74, 6) is -7.87. The highest BCUT2D eigenvalue weighted by molar-refractivity contribution is 7.42. The Labute approximate surface area is 799 Å². The normalized spacial score (nSPS) is 22.4. The number of nitrogens with one attached hydrogen (secondary N) is 3. The molecule has 0 radical (unpaired) electrons. The molecule has 0 aromatic heterocycles. The summed E-state index contributed by atoms with van der Waals surface area (Å²) in [7, 11) is -5.68. The van der Waals surface area contributed by atoms with E-state index in [1.54, 1.807) is 0 Å². The molecule has 3 amide bonds. The van der Waals surface area contributed by atoms with Gasteiger partial charge in [-0.2, -0.15) is 15.8 Å². The molecule has 18 atom stereocenters. The Hall–Kier alpha value is -7.36. The first-order chi connectivity index (χ1) is 65.2. The Morgan fingerprint density at radius 1 is 0.279 bits per heavy atom. The zero-order valence-electron chi connectivity index (χ0n) is 80.6. The molecular formula is C87H143N6O40P3. The van der Waals surface area contributed by atoms with E-state index >= 15 is 0 Å². The summed E-state index contributed by atoms with van der Waals surface area (Å²) in [6.07, 6.45) is -4.29. The third-order valence-electron chi connectivity index (χ3n) is 19.2. The highest BCUT2D eigenvalue weighted by Gasteiger charge is 2.55. The number of carbonyl (C=O) groups is 12. The Bertz CT molecular complexity index is 3240. The van der Waals surface area contributed by atoms with E-state index in [9.17, 15) is 73.3 Å². The SMILES string of the molecule is CCCCOCC(COCCCOP(OCCC#N)OCCCCCCO[C@@H]1OC(COC(C)=O)[C@H](OC(C)=O)[C@H](OC(C)=O)C1NC(C)=O)(COCCCOP(OCCC#N)OCCCCCCO[C@@H]1OC(COC(C)=O)[C@H](OC(C)=O)C(OC(C)=O)[C@@H]1NC(C)=O)COCCCOP(OCCC#N)OCCCCCCO[C@@H]1OC(COC(C)=O)[C@H](OC(C)=O)C(OC(C)=O)[C@@H]1NC(C)=O. The van der Waals surface area contributed by atoms with E-state index < -0.39 is 195 Å². The molecule has 0 bridgehead atoms. The van der Waals surface area contributed by atoms with Crippen molar-refractivity contribution in [1.29, 1.82) is 15.8 Å². The van der Waals surface area contributed by atoms with Gasteiger partial charge in [-0.15, -0.1) is 0 Å². The van der Waals surface area contributed by atoms with Crippen LogP contribution in [0.2, 0.25) is 0 Å². The zero-order valence-corrected chi connectivity index (χ0v) is 83.3. The number of carbonyl (C=O) groups excluding carboxylic acids is 12. The minimum Gasteiger partial charge on any atom is -0.463 e. The fourth-order valence-corrected chi connectivity index (χ4v) is 16.4. The summed E-state index contributed by atoms with van der Waals surface area (Å²) in [6, 6.07) is 2.84. The molecule has 3 N–H and O–H groups in total. The molecule has 3 rings (SSSR count). The van der Waals surface area contributed by atoms with Gasteiger partial charge in [-0.1, -0.05) is 51.9 Å². The van der Waals surface area contributed by atoms with Crippen molar-refractivity contribution in [3.8, 4) is 18.2 Å². The van der Waals surface area contributed by atoms with Crippen molar-refractivity contribution in [1.82, 2.24) is 16.0 Å². The number of hydrogen-bond donors (Lipinski definition) is 3. The van der Waals surface area contributed by atoms with Crippen LogP contribution in [0.1, 0.15) is 218 Å². The molecular weight excluding hydrogens is 1860 g/mol. The molecule has 0 aliphatic carbocycles. The van der Waals surface area contributed by atoms with E-state index in [2.05, 4.69) is 34.2 Å². The van der Waals surface area contributed by atoms with E-state index in [0.29, 0.717) is 103 Å². The zero-order chi connectivity index (χ0) is 100. The topological polar surface area (TPSA) is 571 Å². The molecule has 776 valence electrons. The average molecular weight is 2010 g/mol. The van der Waals surface area contributed by atoms with Crippen LogP contribution in [0.3, 0.4) is 0 Å². The van der Waals surface area contributed by atoms with Crippen LogP contribution in [0, 0.1) is 39.4 Å². The van der Waals surface area contributed by atoms with Crippen LogP contribution in [0.4, 0.5) is 0 Å². The van der Waals surface area contributed by atoms with Gasteiger partial charge in [-0.3, -0.25) is 57.5 Å². The molecule has 49 heteroatoms. The maximum Gasteiger partial charge on any atom is 0.332 e. The van der Waals surface area contributed by atoms with Gasteiger partial charge in [-0.05, 0) is 64.2 Å². The summed E-state index contributed by atoms with van der Waals surface area (Å²) < 4.78 is 165. The van der Waals surface area contributed by atoms with Crippen molar-refractivity contribution in [3.63, 3.8) is 0 Å². The van der Waals surface area contributed by atoms with Crippen molar-refractivity contribution >= 4 is 97.3 Å². The standard InChI is InChI=1S/C87H143N6O40P3/c1-14-15-37-106-56-87(57-107-38-31-50-122-134(119-47-28-34-88)116-44-25-19-16-22-41-110-84-75(91-60(2)94)81(128-69(11)103)78(125-66(8)100)72(131-84)53-113-63(5)97,58-108-39-32-51-123-135(120-48-29-35-89)117-45-26-20-17-23-42-111-85-76(92-61(3)95)82(129-70(12)104)79(126-67(9)101)73(132-85)54-114-64(6)98)59-109-40-33-52-124-136(121-49-30-36-90)118-46-27-21-18-24-43-112-86-77(93-62(4)96)83(130-71(13)105)80(127-68(10)102)74(133-86)55-115-65(7)99/h72-86H,14-33,37-59H2,1-13H3,(H,91,94)(H,92,95)(H,93,96)/t72?,73?,74?,75-,76-,77?,78-,79-,80-,81?,82?,83+,84+,85+,86+,87?,134?,135?,136?/m0/s1. The summed E-state index contributed by atoms with van der Waals surface area (Å²) >= 11 is 0. The molecule has 136 heavy (non-hydrogen) atoms. The van der Waals surface area contributed by atoms with Crippen LogP contribution in [-0.4, -0.2) is 315 Å². The second-order valence-corrected chi connectivity index (χ2v) is 35.2. The number of amides is 3. The number of rotatable bonds is 77. The second kappa shape index (κ2) is 74.6. The molecule has 0 spiro atoms. The molecule has 3 aliphatic rings. The summed E-state index contributed by atoms with van der Waals surface area (Å²) in [5.41, 5.74) is -0.876. The van der Waals surface area contributed by atoms with Gasteiger partial charge in [-0.25, -0.2) is 0 Å². The van der Waals surface area contributed by atoms with Crippen molar-refractivity contribution in [3.05, 3.63) is 0 Å². The third kappa shape index (κ3) is 56.2. The van der Waals surface area contributed by atoms with E-state index in [1.807, 2.05) is 6.92 Å². The van der Waals surface area contributed by atoms with Crippen LogP contribution in [0.25, 0.3) is 0 Å². The number of esters is 9. The van der Waals surface area contributed by atoms with Crippen molar-refractivity contribution < 1.29 is 188 Å². The van der Waals surface area contributed by atoms with Gasteiger partial charge in [0.05, 0.1) is 129 Å². The lowest BCUT2D eigenvalue weighted by atomic mass is 9.92. The van der Waals surface area contributed by atoms with Gasteiger partial charge < -0.3 is 147 Å². The van der Waals surface area contributed by atoms with Gasteiger partial charge in [0, 0.05) is 129 Å². The quantitative estimate of drug-likeness (QED) is 0.0223. The minimum absolute atomic E-state index is 0.0583. The lowest BCUT2D eigenvalue weighted by molar-refractivity contribution is -0.277. The number of nitriles is 3. The van der Waals surface area contributed by atoms with E-state index in [0.717, 1.165) is 54.4 Å². The molecule has 0 aromatic carbocycles. The van der Waals surface area contributed by atoms with Crippen LogP contribution in [0.5, 0.6) is 0 Å².